The molecule has 0 spiro atoms. The Labute approximate surface area is 124 Å². The molecule has 114 valence electrons. The molecule has 2 heterocycles. The molecule has 1 fully saturated rings. The maximum Gasteiger partial charge on any atom is 0.279 e. The van der Waals surface area contributed by atoms with Gasteiger partial charge in [0.25, 0.3) is 10.2 Å². The van der Waals surface area contributed by atoms with Crippen LogP contribution < -0.4 is 10.0 Å². The number of nitrogens with zero attached hydrogens (tertiary/aromatic N) is 2. The summed E-state index contributed by atoms with van der Waals surface area (Å²) in [6.07, 6.45) is 3.56. The quantitative estimate of drug-likeness (QED) is 0.810. The van der Waals surface area contributed by atoms with Crippen LogP contribution in [0.5, 0.6) is 0 Å². The average Bonchev–Trinajstić information content (AvgIpc) is 2.84. The average molecular weight is 318 g/mol. The normalized spacial score (nSPS) is 18.5. The predicted octanol–water partition coefficient (Wildman–Crippen LogP) is 0.717. The van der Waals surface area contributed by atoms with Gasteiger partial charge in [-0.15, -0.1) is 11.3 Å². The molecule has 1 aliphatic heterocycles. The first-order chi connectivity index (χ1) is 9.51. The summed E-state index contributed by atoms with van der Waals surface area (Å²) in [5, 5.41) is 4.10. The molecule has 0 amide bonds. The van der Waals surface area contributed by atoms with Gasteiger partial charge in [0.15, 0.2) is 0 Å². The Morgan fingerprint density at radius 1 is 1.45 bits per heavy atom. The number of aromatic nitrogens is 1. The third-order valence-corrected chi connectivity index (χ3v) is 5.97. The molecule has 1 aliphatic rings. The lowest BCUT2D eigenvalue weighted by atomic mass is 9.98. The first-order valence-corrected chi connectivity index (χ1v) is 9.07. The van der Waals surface area contributed by atoms with Crippen molar-refractivity contribution in [2.24, 2.45) is 5.92 Å². The van der Waals surface area contributed by atoms with Crippen LogP contribution >= 0.6 is 11.3 Å². The van der Waals surface area contributed by atoms with E-state index < -0.39 is 10.2 Å². The van der Waals surface area contributed by atoms with E-state index in [-0.39, 0.29) is 0 Å². The van der Waals surface area contributed by atoms with Gasteiger partial charge in [-0.2, -0.15) is 17.4 Å². The van der Waals surface area contributed by atoms with Crippen LogP contribution in [0.15, 0.2) is 6.20 Å². The van der Waals surface area contributed by atoms with Crippen LogP contribution in [0, 0.1) is 12.8 Å². The van der Waals surface area contributed by atoms with Gasteiger partial charge in [0.2, 0.25) is 0 Å². The number of nitrogens with one attached hydrogen (secondary N) is 2. The van der Waals surface area contributed by atoms with Gasteiger partial charge >= 0.3 is 0 Å². The molecule has 8 heteroatoms. The fourth-order valence-corrected chi connectivity index (χ4v) is 4.42. The van der Waals surface area contributed by atoms with E-state index >= 15 is 0 Å². The van der Waals surface area contributed by atoms with E-state index in [2.05, 4.69) is 15.0 Å². The first-order valence-electron chi connectivity index (χ1n) is 6.82. The highest BCUT2D eigenvalue weighted by Crippen LogP contribution is 2.19. The van der Waals surface area contributed by atoms with Crippen molar-refractivity contribution < 1.29 is 8.42 Å². The van der Waals surface area contributed by atoms with Crippen LogP contribution in [0.1, 0.15) is 22.7 Å². The van der Waals surface area contributed by atoms with Gasteiger partial charge in [0.05, 0.1) is 5.01 Å². The lowest BCUT2D eigenvalue weighted by molar-refractivity contribution is 0.268. The van der Waals surface area contributed by atoms with E-state index in [1.807, 2.05) is 14.0 Å². The molecule has 1 aromatic rings. The van der Waals surface area contributed by atoms with Gasteiger partial charge in [0, 0.05) is 30.7 Å². The van der Waals surface area contributed by atoms with Gasteiger partial charge in [-0.25, -0.2) is 4.98 Å². The second-order valence-corrected chi connectivity index (χ2v) is 8.15. The number of hydrogen-bond acceptors (Lipinski definition) is 5. The van der Waals surface area contributed by atoms with Crippen molar-refractivity contribution in [3.63, 3.8) is 0 Å². The largest absolute Gasteiger partial charge is 0.319 e. The monoisotopic (exact) mass is 318 g/mol. The molecule has 1 aromatic heterocycles. The number of thiazole rings is 1. The van der Waals surface area contributed by atoms with Gasteiger partial charge in [-0.1, -0.05) is 0 Å². The van der Waals surface area contributed by atoms with Gasteiger partial charge < -0.3 is 5.32 Å². The fourth-order valence-electron chi connectivity index (χ4n) is 2.38. The molecule has 2 rings (SSSR count). The molecule has 20 heavy (non-hydrogen) atoms. The predicted molar refractivity (Wildman–Crippen MR) is 80.8 cm³/mol. The second kappa shape index (κ2) is 6.95. The molecular weight excluding hydrogens is 296 g/mol. The van der Waals surface area contributed by atoms with Crippen LogP contribution in [-0.2, 0) is 16.8 Å². The molecule has 0 bridgehead atoms. The fraction of sp³-hybridized carbons (Fsp3) is 0.750. The molecule has 0 radical (unpaired) electrons. The Morgan fingerprint density at radius 3 is 2.70 bits per heavy atom. The Hall–Kier alpha value is -0.540. The van der Waals surface area contributed by atoms with Crippen molar-refractivity contribution in [2.45, 2.75) is 26.3 Å². The molecule has 6 nitrogen and oxygen atoms in total. The van der Waals surface area contributed by atoms with E-state index in [1.54, 1.807) is 10.5 Å². The maximum absolute atomic E-state index is 12.2. The van der Waals surface area contributed by atoms with Crippen molar-refractivity contribution in [1.29, 1.82) is 0 Å². The minimum absolute atomic E-state index is 0.324. The minimum atomic E-state index is -3.37. The summed E-state index contributed by atoms with van der Waals surface area (Å²) in [5.74, 6) is 0.579. The summed E-state index contributed by atoms with van der Waals surface area (Å²) in [5.41, 5.74) is 0. The van der Waals surface area contributed by atoms with Crippen molar-refractivity contribution >= 4 is 21.5 Å². The summed E-state index contributed by atoms with van der Waals surface area (Å²) in [7, 11) is -1.44. The summed E-state index contributed by atoms with van der Waals surface area (Å²) < 4.78 is 28.6. The minimum Gasteiger partial charge on any atom is -0.319 e. The van der Waals surface area contributed by atoms with Gasteiger partial charge in [-0.05, 0) is 39.3 Å². The molecule has 1 saturated heterocycles. The number of aryl methyl sites for hydroxylation is 1. The first kappa shape index (κ1) is 15.8. The second-order valence-electron chi connectivity index (χ2n) is 5.07. The lowest BCUT2D eigenvalue weighted by Crippen LogP contribution is -2.45. The smallest absolute Gasteiger partial charge is 0.279 e. The highest BCUT2D eigenvalue weighted by Gasteiger charge is 2.27. The van der Waals surface area contributed by atoms with Gasteiger partial charge in [0.1, 0.15) is 0 Å². The Kier molecular flexibility index (Phi) is 5.50. The van der Waals surface area contributed by atoms with E-state index in [0.29, 0.717) is 25.6 Å². The van der Waals surface area contributed by atoms with Crippen LogP contribution in [0.3, 0.4) is 0 Å². The number of rotatable bonds is 6. The Bertz CT molecular complexity index is 521. The number of hydrogen-bond donors (Lipinski definition) is 2. The van der Waals surface area contributed by atoms with E-state index in [0.717, 1.165) is 29.3 Å². The van der Waals surface area contributed by atoms with E-state index in [1.165, 1.54) is 11.3 Å². The standard InChI is InChI=1S/C12H22N4O2S2/c1-10-14-8-12(19-10)9-15-20(17,18)16-5-3-11(4-6-16)7-13-2/h8,11,13,15H,3-7,9H2,1-2H3. The molecule has 0 unspecified atom stereocenters. The van der Waals surface area contributed by atoms with E-state index in [4.69, 9.17) is 0 Å². The molecule has 0 saturated carbocycles. The number of piperidine rings is 1. The summed E-state index contributed by atoms with van der Waals surface area (Å²) in [4.78, 5) is 5.06. The van der Waals surface area contributed by atoms with Crippen molar-refractivity contribution in [3.05, 3.63) is 16.1 Å². The third kappa shape index (κ3) is 4.23. The van der Waals surface area contributed by atoms with E-state index in [9.17, 15) is 8.42 Å². The summed E-state index contributed by atoms with van der Waals surface area (Å²) in [6, 6.07) is 0. The third-order valence-electron chi connectivity index (χ3n) is 3.50. The zero-order valence-electron chi connectivity index (χ0n) is 11.9. The van der Waals surface area contributed by atoms with Crippen molar-refractivity contribution in [3.8, 4) is 0 Å². The Morgan fingerprint density at radius 2 is 2.15 bits per heavy atom. The van der Waals surface area contributed by atoms with Gasteiger partial charge in [-0.3, -0.25) is 0 Å². The lowest BCUT2D eigenvalue weighted by Gasteiger charge is -2.31. The zero-order chi connectivity index (χ0) is 14.6. The Balaban J connectivity index is 1.85. The highest BCUT2D eigenvalue weighted by atomic mass is 32.2. The van der Waals surface area contributed by atoms with Crippen LogP contribution in [0.25, 0.3) is 0 Å². The molecular formula is C12H22N4O2S2. The molecule has 0 atom stereocenters. The van der Waals surface area contributed by atoms with Crippen LogP contribution in [0.4, 0.5) is 0 Å². The zero-order valence-corrected chi connectivity index (χ0v) is 13.6. The molecule has 2 N–H and O–H groups in total. The van der Waals surface area contributed by atoms with Crippen molar-refractivity contribution in [2.75, 3.05) is 26.7 Å². The highest BCUT2D eigenvalue weighted by molar-refractivity contribution is 7.87. The molecule has 0 aliphatic carbocycles. The summed E-state index contributed by atoms with van der Waals surface area (Å²) in [6.45, 7) is 4.40. The maximum atomic E-state index is 12.2. The van der Waals surface area contributed by atoms with Crippen LogP contribution in [-0.4, -0.2) is 44.4 Å². The van der Waals surface area contributed by atoms with Crippen LogP contribution in [0.2, 0.25) is 0 Å². The topological polar surface area (TPSA) is 74.3 Å². The van der Waals surface area contributed by atoms with Crippen molar-refractivity contribution in [1.82, 2.24) is 19.3 Å². The molecule has 0 aromatic carbocycles. The SMILES string of the molecule is CNCC1CCN(S(=O)(=O)NCc2cnc(C)s2)CC1. The summed E-state index contributed by atoms with van der Waals surface area (Å²) >= 11 is 1.52.